The number of aromatic nitrogens is 2. The van der Waals surface area contributed by atoms with E-state index < -0.39 is 39.4 Å². The van der Waals surface area contributed by atoms with Crippen LogP contribution in [-0.2, 0) is 21.2 Å². The van der Waals surface area contributed by atoms with Crippen LogP contribution in [0.5, 0.6) is 5.75 Å². The van der Waals surface area contributed by atoms with Crippen molar-refractivity contribution in [2.24, 2.45) is 5.92 Å². The molecule has 184 valence electrons. The van der Waals surface area contributed by atoms with Gasteiger partial charge in [-0.1, -0.05) is 6.92 Å². The number of carboxylic acid groups (broad SMARTS) is 1. The summed E-state index contributed by atoms with van der Waals surface area (Å²) in [5.74, 6) is -1.63. The van der Waals surface area contributed by atoms with Gasteiger partial charge in [0.25, 0.3) is 0 Å². The second-order valence-electron chi connectivity index (χ2n) is 8.63. The first-order chi connectivity index (χ1) is 16.5. The molecule has 9 nitrogen and oxygen atoms in total. The molecule has 0 aliphatic carbocycles. The molecule has 1 aliphatic rings. The summed E-state index contributed by atoms with van der Waals surface area (Å²) in [4.78, 5) is 15.1. The third kappa shape index (κ3) is 4.13. The molecular formula is C24H25FN4O5S. The minimum atomic E-state index is -4.08. The number of ether oxygens (including phenoxy) is 1. The van der Waals surface area contributed by atoms with Gasteiger partial charge < -0.3 is 9.84 Å². The highest BCUT2D eigenvalue weighted by atomic mass is 32.2. The highest BCUT2D eigenvalue weighted by Gasteiger charge is 2.60. The maximum absolute atomic E-state index is 14.1. The minimum Gasteiger partial charge on any atom is -0.494 e. The highest BCUT2D eigenvalue weighted by Crippen LogP contribution is 2.46. The fraction of sp³-hybridized carbons (Fsp3) is 0.375. The molecule has 1 aromatic heterocycles. The fourth-order valence-corrected chi connectivity index (χ4v) is 6.37. The Kier molecular flexibility index (Phi) is 6.29. The molecular weight excluding hydrogens is 475 g/mol. The van der Waals surface area contributed by atoms with Crippen LogP contribution < -0.4 is 4.74 Å². The largest absolute Gasteiger partial charge is 0.494 e. The van der Waals surface area contributed by atoms with Crippen LogP contribution in [0.1, 0.15) is 32.5 Å². The fourth-order valence-electron chi connectivity index (χ4n) is 4.60. The van der Waals surface area contributed by atoms with E-state index in [2.05, 4.69) is 9.94 Å². The SMILES string of the molecule is [C-]#[N+][C@]1(C)[C@@H](C)[C@@H](n2nc(CC(=O)O)c3ccc(F)cc32)CN1S(=O)(=O)c1ccc(OCC)cc1. The van der Waals surface area contributed by atoms with Gasteiger partial charge in [0.2, 0.25) is 10.0 Å². The van der Waals surface area contributed by atoms with Gasteiger partial charge in [0.1, 0.15) is 11.6 Å². The molecule has 3 aromatic rings. The first-order valence-corrected chi connectivity index (χ1v) is 12.5. The minimum absolute atomic E-state index is 0.0200. The van der Waals surface area contributed by atoms with E-state index in [4.69, 9.17) is 11.3 Å². The molecule has 0 unspecified atom stereocenters. The second kappa shape index (κ2) is 8.94. The van der Waals surface area contributed by atoms with Crippen LogP contribution in [0.2, 0.25) is 0 Å². The molecule has 0 saturated carbocycles. The van der Waals surface area contributed by atoms with Gasteiger partial charge in [-0.2, -0.15) is 5.10 Å². The molecule has 0 bridgehead atoms. The molecule has 3 atom stereocenters. The molecule has 4 rings (SSSR count). The molecule has 0 spiro atoms. The van der Waals surface area contributed by atoms with Crippen molar-refractivity contribution in [3.05, 3.63) is 65.4 Å². The Morgan fingerprint density at radius 2 is 2.00 bits per heavy atom. The summed E-state index contributed by atoms with van der Waals surface area (Å²) in [6.07, 6.45) is -0.371. The lowest BCUT2D eigenvalue weighted by Gasteiger charge is -2.26. The lowest BCUT2D eigenvalue weighted by atomic mass is 9.94. The van der Waals surface area contributed by atoms with Crippen molar-refractivity contribution in [3.8, 4) is 5.75 Å². The van der Waals surface area contributed by atoms with E-state index in [1.807, 2.05) is 6.92 Å². The Labute approximate surface area is 202 Å². The maximum Gasteiger partial charge on any atom is 0.309 e. The molecule has 1 fully saturated rings. The predicted molar refractivity (Wildman–Crippen MR) is 126 cm³/mol. The molecule has 0 amide bonds. The van der Waals surface area contributed by atoms with Crippen LogP contribution in [0.25, 0.3) is 15.7 Å². The number of benzene rings is 2. The topological polar surface area (TPSA) is 106 Å². The van der Waals surface area contributed by atoms with Gasteiger partial charge in [-0.25, -0.2) is 19.4 Å². The van der Waals surface area contributed by atoms with Crippen molar-refractivity contribution >= 4 is 26.9 Å². The van der Waals surface area contributed by atoms with Crippen LogP contribution in [0, 0.1) is 18.3 Å². The lowest BCUT2D eigenvalue weighted by Crippen LogP contribution is -2.45. The van der Waals surface area contributed by atoms with Gasteiger partial charge in [-0.05, 0) is 49.4 Å². The normalized spacial score (nSPS) is 22.8. The van der Waals surface area contributed by atoms with Crippen molar-refractivity contribution in [1.29, 1.82) is 0 Å². The molecule has 2 heterocycles. The Bertz CT molecular complexity index is 1430. The number of aliphatic carboxylic acids is 1. The van der Waals surface area contributed by atoms with E-state index in [-0.39, 0.29) is 23.6 Å². The first kappa shape index (κ1) is 24.6. The lowest BCUT2D eigenvalue weighted by molar-refractivity contribution is -0.136. The monoisotopic (exact) mass is 500 g/mol. The van der Waals surface area contributed by atoms with E-state index in [1.165, 1.54) is 35.0 Å². The summed E-state index contributed by atoms with van der Waals surface area (Å²) < 4.78 is 49.4. The molecule has 1 saturated heterocycles. The highest BCUT2D eigenvalue weighted by molar-refractivity contribution is 7.89. The Morgan fingerprint density at radius 3 is 2.60 bits per heavy atom. The Morgan fingerprint density at radius 1 is 1.31 bits per heavy atom. The van der Waals surface area contributed by atoms with Gasteiger partial charge in [-0.3, -0.25) is 14.3 Å². The third-order valence-electron chi connectivity index (χ3n) is 6.63. The van der Waals surface area contributed by atoms with Crippen molar-refractivity contribution in [3.63, 3.8) is 0 Å². The smallest absolute Gasteiger partial charge is 0.309 e. The van der Waals surface area contributed by atoms with Crippen LogP contribution >= 0.6 is 0 Å². The van der Waals surface area contributed by atoms with E-state index in [0.717, 1.165) is 4.31 Å². The number of carbonyl (C=O) groups is 1. The third-order valence-corrected chi connectivity index (χ3v) is 8.59. The van der Waals surface area contributed by atoms with E-state index in [1.54, 1.807) is 26.0 Å². The van der Waals surface area contributed by atoms with E-state index in [9.17, 15) is 22.7 Å². The summed E-state index contributed by atoms with van der Waals surface area (Å²) in [5, 5.41) is 14.2. The molecule has 2 aromatic carbocycles. The molecule has 0 radical (unpaired) electrons. The molecule has 1 N–H and O–H groups in total. The molecule has 35 heavy (non-hydrogen) atoms. The number of rotatable bonds is 7. The van der Waals surface area contributed by atoms with Crippen LogP contribution in [-0.4, -0.2) is 52.4 Å². The quantitative estimate of drug-likeness (QED) is 0.496. The zero-order valence-corrected chi connectivity index (χ0v) is 20.3. The van der Waals surface area contributed by atoms with Crippen molar-refractivity contribution in [2.75, 3.05) is 13.2 Å². The number of halogens is 1. The van der Waals surface area contributed by atoms with E-state index >= 15 is 0 Å². The number of sulfonamides is 1. The predicted octanol–water partition coefficient (Wildman–Crippen LogP) is 3.72. The summed E-state index contributed by atoms with van der Waals surface area (Å²) in [6.45, 7) is 13.4. The van der Waals surface area contributed by atoms with Crippen LogP contribution in [0.15, 0.2) is 47.4 Å². The summed E-state index contributed by atoms with van der Waals surface area (Å²) in [5.41, 5.74) is -0.844. The van der Waals surface area contributed by atoms with Crippen LogP contribution in [0.4, 0.5) is 4.39 Å². The Balaban J connectivity index is 1.80. The van der Waals surface area contributed by atoms with Crippen molar-refractivity contribution in [2.45, 2.75) is 43.8 Å². The van der Waals surface area contributed by atoms with Gasteiger partial charge in [0.05, 0.1) is 41.1 Å². The first-order valence-electron chi connectivity index (χ1n) is 11.1. The van der Waals surface area contributed by atoms with Crippen molar-refractivity contribution in [1.82, 2.24) is 14.1 Å². The number of hydrogen-bond donors (Lipinski definition) is 1. The average molecular weight is 501 g/mol. The van der Waals surface area contributed by atoms with Crippen LogP contribution in [0.3, 0.4) is 0 Å². The van der Waals surface area contributed by atoms with Crippen molar-refractivity contribution < 1.29 is 27.4 Å². The number of nitrogens with zero attached hydrogens (tertiary/aromatic N) is 4. The molecule has 11 heteroatoms. The summed E-state index contributed by atoms with van der Waals surface area (Å²) in [7, 11) is -4.08. The number of carboxylic acids is 1. The number of fused-ring (bicyclic) bond motifs is 1. The standard InChI is InChI=1S/C24H25FN4O5S/c1-5-34-17-7-9-18(10-8-17)35(32,33)28-14-22(15(2)24(28,3)26-4)29-21-12-16(25)6-11-19(21)20(27-29)13-23(30)31/h6-12,15,22H,5,13-14H2,1-3H3,(H,30,31)/t15-,22-,24-/m0/s1. The maximum atomic E-state index is 14.1. The van der Waals surface area contributed by atoms with Gasteiger partial charge >= 0.3 is 11.6 Å². The Hall–Kier alpha value is -3.49. The van der Waals surface area contributed by atoms with E-state index in [0.29, 0.717) is 23.3 Å². The summed E-state index contributed by atoms with van der Waals surface area (Å²) in [6, 6.07) is 9.31. The zero-order chi connectivity index (χ0) is 25.5. The average Bonchev–Trinajstić information content (AvgIpc) is 3.29. The second-order valence-corrected chi connectivity index (χ2v) is 10.5. The summed E-state index contributed by atoms with van der Waals surface area (Å²) >= 11 is 0. The molecule has 1 aliphatic heterocycles. The van der Waals surface area contributed by atoms with Gasteiger partial charge in [0.15, 0.2) is 0 Å². The van der Waals surface area contributed by atoms with Gasteiger partial charge in [0, 0.05) is 18.9 Å². The number of hydrogen-bond acceptors (Lipinski definition) is 5. The zero-order valence-electron chi connectivity index (χ0n) is 19.5. The van der Waals surface area contributed by atoms with Gasteiger partial charge in [-0.15, -0.1) is 4.31 Å².